The van der Waals surface area contributed by atoms with Gasteiger partial charge in [0.25, 0.3) is 0 Å². The van der Waals surface area contributed by atoms with Crippen molar-refractivity contribution in [3.05, 3.63) is 0 Å². The van der Waals surface area contributed by atoms with E-state index in [1.54, 1.807) is 0 Å². The zero-order valence-corrected chi connectivity index (χ0v) is 11.2. The van der Waals surface area contributed by atoms with Gasteiger partial charge in [0, 0.05) is 26.2 Å². The standard InChI is InChI=1S/C13H27NO3/c1-3-16-13(17-4-2)7-9-15-11-12-6-5-8-14-10-12/h12-14H,3-11H2,1-2H3. The molecule has 4 nitrogen and oxygen atoms in total. The Morgan fingerprint density at radius 1 is 1.24 bits per heavy atom. The molecule has 4 heteroatoms. The largest absolute Gasteiger partial charge is 0.381 e. The molecule has 0 aromatic heterocycles. The Kier molecular flexibility index (Phi) is 8.61. The first-order chi connectivity index (χ1) is 8.36. The van der Waals surface area contributed by atoms with Gasteiger partial charge in [-0.05, 0) is 39.2 Å². The summed E-state index contributed by atoms with van der Waals surface area (Å²) in [5.74, 6) is 0.682. The molecular weight excluding hydrogens is 218 g/mol. The molecule has 1 saturated heterocycles. The van der Waals surface area contributed by atoms with Gasteiger partial charge in [0.2, 0.25) is 0 Å². The first kappa shape index (κ1) is 14.9. The highest BCUT2D eigenvalue weighted by atomic mass is 16.7. The Balaban J connectivity index is 2.00. The topological polar surface area (TPSA) is 39.7 Å². The molecule has 0 saturated carbocycles. The molecule has 1 fully saturated rings. The Hall–Kier alpha value is -0.160. The van der Waals surface area contributed by atoms with Crippen molar-refractivity contribution in [3.8, 4) is 0 Å². The lowest BCUT2D eigenvalue weighted by molar-refractivity contribution is -0.147. The van der Waals surface area contributed by atoms with Gasteiger partial charge in [0.15, 0.2) is 6.29 Å². The van der Waals surface area contributed by atoms with Crippen molar-refractivity contribution in [2.45, 2.75) is 39.4 Å². The summed E-state index contributed by atoms with van der Waals surface area (Å²) in [6, 6.07) is 0. The maximum Gasteiger partial charge on any atom is 0.159 e. The monoisotopic (exact) mass is 245 g/mol. The van der Waals surface area contributed by atoms with Crippen LogP contribution in [0.5, 0.6) is 0 Å². The number of hydrogen-bond acceptors (Lipinski definition) is 4. The highest BCUT2D eigenvalue weighted by Crippen LogP contribution is 2.10. The maximum atomic E-state index is 5.70. The van der Waals surface area contributed by atoms with Crippen LogP contribution >= 0.6 is 0 Å². The third kappa shape index (κ3) is 6.99. The van der Waals surface area contributed by atoms with Crippen molar-refractivity contribution in [2.24, 2.45) is 5.92 Å². The highest BCUT2D eigenvalue weighted by molar-refractivity contribution is 4.68. The first-order valence-electron chi connectivity index (χ1n) is 6.88. The third-order valence-electron chi connectivity index (χ3n) is 2.96. The van der Waals surface area contributed by atoms with Crippen LogP contribution in [-0.4, -0.2) is 45.8 Å². The lowest BCUT2D eigenvalue weighted by Crippen LogP contribution is -2.32. The zero-order valence-electron chi connectivity index (χ0n) is 11.2. The van der Waals surface area contributed by atoms with E-state index in [9.17, 15) is 0 Å². The van der Waals surface area contributed by atoms with Gasteiger partial charge in [-0.2, -0.15) is 0 Å². The molecule has 0 spiro atoms. The molecule has 1 aliphatic heterocycles. The average Bonchev–Trinajstić information content (AvgIpc) is 2.36. The van der Waals surface area contributed by atoms with Crippen molar-refractivity contribution in [1.29, 1.82) is 0 Å². The maximum absolute atomic E-state index is 5.70. The van der Waals surface area contributed by atoms with Crippen LogP contribution in [0.25, 0.3) is 0 Å². The summed E-state index contributed by atoms with van der Waals surface area (Å²) in [5.41, 5.74) is 0. The number of piperidine rings is 1. The summed E-state index contributed by atoms with van der Waals surface area (Å²) in [6.45, 7) is 9.20. The molecule has 0 amide bonds. The second kappa shape index (κ2) is 9.83. The molecule has 0 bridgehead atoms. The molecule has 17 heavy (non-hydrogen) atoms. The molecule has 102 valence electrons. The molecule has 0 radical (unpaired) electrons. The lowest BCUT2D eigenvalue weighted by Gasteiger charge is -2.23. The van der Waals surface area contributed by atoms with E-state index in [1.165, 1.54) is 12.8 Å². The summed E-state index contributed by atoms with van der Waals surface area (Å²) in [5, 5.41) is 3.40. The van der Waals surface area contributed by atoms with Crippen LogP contribution in [0, 0.1) is 5.92 Å². The predicted molar refractivity (Wildman–Crippen MR) is 68.1 cm³/mol. The highest BCUT2D eigenvalue weighted by Gasteiger charge is 2.13. The smallest absolute Gasteiger partial charge is 0.159 e. The summed E-state index contributed by atoms with van der Waals surface area (Å²) < 4.78 is 16.6. The Bertz CT molecular complexity index is 166. The zero-order chi connectivity index (χ0) is 12.3. The van der Waals surface area contributed by atoms with E-state index in [0.29, 0.717) is 19.1 Å². The Morgan fingerprint density at radius 3 is 2.59 bits per heavy atom. The van der Waals surface area contributed by atoms with E-state index < -0.39 is 0 Å². The van der Waals surface area contributed by atoms with E-state index in [2.05, 4.69) is 5.32 Å². The molecule has 1 aliphatic rings. The molecule has 1 heterocycles. The fraction of sp³-hybridized carbons (Fsp3) is 1.00. The van der Waals surface area contributed by atoms with Crippen molar-refractivity contribution in [2.75, 3.05) is 39.5 Å². The fourth-order valence-corrected chi connectivity index (χ4v) is 2.08. The van der Waals surface area contributed by atoms with Crippen molar-refractivity contribution in [3.63, 3.8) is 0 Å². The van der Waals surface area contributed by atoms with Crippen LogP contribution in [-0.2, 0) is 14.2 Å². The van der Waals surface area contributed by atoms with E-state index in [4.69, 9.17) is 14.2 Å². The summed E-state index contributed by atoms with van der Waals surface area (Å²) in [4.78, 5) is 0. The van der Waals surface area contributed by atoms with Crippen molar-refractivity contribution in [1.82, 2.24) is 5.32 Å². The van der Waals surface area contributed by atoms with E-state index >= 15 is 0 Å². The van der Waals surface area contributed by atoms with E-state index in [-0.39, 0.29) is 6.29 Å². The van der Waals surface area contributed by atoms with Gasteiger partial charge in [0.05, 0.1) is 13.2 Å². The summed E-state index contributed by atoms with van der Waals surface area (Å²) in [7, 11) is 0. The molecule has 0 aromatic carbocycles. The quantitative estimate of drug-likeness (QED) is 0.496. The molecule has 1 N–H and O–H groups in total. The van der Waals surface area contributed by atoms with Crippen LogP contribution in [0.2, 0.25) is 0 Å². The normalized spacial score (nSPS) is 21.0. The number of hydrogen-bond donors (Lipinski definition) is 1. The van der Waals surface area contributed by atoms with Crippen molar-refractivity contribution >= 4 is 0 Å². The Morgan fingerprint density at radius 2 is 2.00 bits per heavy atom. The molecule has 1 rings (SSSR count). The summed E-state index contributed by atoms with van der Waals surface area (Å²) >= 11 is 0. The SMILES string of the molecule is CCOC(CCOCC1CCCNC1)OCC. The second-order valence-electron chi connectivity index (χ2n) is 4.42. The molecule has 0 aromatic rings. The van der Waals surface area contributed by atoms with Crippen LogP contribution in [0.4, 0.5) is 0 Å². The minimum atomic E-state index is -0.102. The van der Waals surface area contributed by atoms with E-state index in [0.717, 1.165) is 32.7 Å². The molecule has 1 atom stereocenters. The van der Waals surface area contributed by atoms with E-state index in [1.807, 2.05) is 13.8 Å². The van der Waals surface area contributed by atoms with Crippen molar-refractivity contribution < 1.29 is 14.2 Å². The van der Waals surface area contributed by atoms with Gasteiger partial charge in [-0.25, -0.2) is 0 Å². The van der Waals surface area contributed by atoms with Gasteiger partial charge in [0.1, 0.15) is 0 Å². The van der Waals surface area contributed by atoms with Gasteiger partial charge >= 0.3 is 0 Å². The lowest BCUT2D eigenvalue weighted by atomic mass is 10.0. The Labute approximate surface area is 105 Å². The van der Waals surface area contributed by atoms with Crippen LogP contribution in [0.15, 0.2) is 0 Å². The number of rotatable bonds is 9. The van der Waals surface area contributed by atoms with Gasteiger partial charge < -0.3 is 19.5 Å². The number of ether oxygens (including phenoxy) is 3. The number of nitrogens with one attached hydrogen (secondary N) is 1. The minimum absolute atomic E-state index is 0.102. The van der Waals surface area contributed by atoms with Gasteiger partial charge in [-0.3, -0.25) is 0 Å². The predicted octanol–water partition coefficient (Wildman–Crippen LogP) is 1.79. The fourth-order valence-electron chi connectivity index (χ4n) is 2.08. The van der Waals surface area contributed by atoms with Gasteiger partial charge in [-0.1, -0.05) is 0 Å². The molecular formula is C13H27NO3. The molecule has 1 unspecified atom stereocenters. The first-order valence-corrected chi connectivity index (χ1v) is 6.88. The average molecular weight is 245 g/mol. The minimum Gasteiger partial charge on any atom is -0.381 e. The molecule has 0 aliphatic carbocycles. The van der Waals surface area contributed by atoms with Gasteiger partial charge in [-0.15, -0.1) is 0 Å². The third-order valence-corrected chi connectivity index (χ3v) is 2.96. The van der Waals surface area contributed by atoms with Crippen LogP contribution in [0.1, 0.15) is 33.1 Å². The van der Waals surface area contributed by atoms with Crippen LogP contribution in [0.3, 0.4) is 0 Å². The van der Waals surface area contributed by atoms with Crippen LogP contribution < -0.4 is 5.32 Å². The second-order valence-corrected chi connectivity index (χ2v) is 4.42. The summed E-state index contributed by atoms with van der Waals surface area (Å²) in [6.07, 6.45) is 3.28.